The van der Waals surface area contributed by atoms with Crippen LogP contribution in [-0.4, -0.2) is 0 Å². The molecule has 0 radical (unpaired) electrons. The van der Waals surface area contributed by atoms with E-state index in [4.69, 9.17) is 31.8 Å². The van der Waals surface area contributed by atoms with Gasteiger partial charge in [-0.15, -0.1) is 0 Å². The standard InChI is InChI=1S/C44H28O/c1-3-14-29(15-4-1)32-18-7-8-19-35(32)43-38-22-11-9-20-36(38)42(37-21-10-12-23-39(37)43)31-26-27-34-40-25-13-24-33(30-16-5-2-6-17-30)44(40)45-41(34)28-31/h1-28H/i1D,2D,3D,4D,5D,6D,7D,8D,9D,10D,11D,12D,13D,14D,15D,16D,17D,18D,19D,20D,21D,22D,23D,24D,25D,26D,27D,28D. The van der Waals surface area contributed by atoms with Crippen molar-refractivity contribution in [1.29, 1.82) is 0 Å². The molecular weight excluding hydrogens is 544 g/mol. The van der Waals surface area contributed by atoms with Crippen molar-refractivity contribution in [2.24, 2.45) is 0 Å². The summed E-state index contributed by atoms with van der Waals surface area (Å²) in [5.41, 5.74) is -7.61. The van der Waals surface area contributed by atoms with Gasteiger partial charge in [0.15, 0.2) is 0 Å². The molecule has 9 rings (SSSR count). The van der Waals surface area contributed by atoms with Gasteiger partial charge in [0.1, 0.15) is 11.2 Å². The van der Waals surface area contributed by atoms with Gasteiger partial charge in [0, 0.05) is 16.3 Å². The third-order valence-corrected chi connectivity index (χ3v) is 7.12. The van der Waals surface area contributed by atoms with E-state index in [1.807, 2.05) is 0 Å². The summed E-state index contributed by atoms with van der Waals surface area (Å²) in [5.74, 6) is 0. The van der Waals surface area contributed by atoms with Crippen molar-refractivity contribution in [2.45, 2.75) is 0 Å². The SMILES string of the molecule is [2H]c1c([2H])c([2H])c(-c2c([2H])c([2H])c([2H])c([2H])c2-c2c3c([2H])c([2H])c([2H])c([2H])c3c(-c3c([2H])c([2H])c4c(oc5c(-c6c([2H])c([2H])c([2H])c([2H])c6[2H])c([2H])c([2H])c([2H])c54)c3[2H])c3c([2H])c([2H])c([2H])c([2H])c23)c([2H])c1[2H]. The van der Waals surface area contributed by atoms with E-state index in [-0.39, 0.29) is 0 Å². The van der Waals surface area contributed by atoms with Gasteiger partial charge in [-0.05, 0) is 72.6 Å². The van der Waals surface area contributed by atoms with E-state index in [0.29, 0.717) is 0 Å². The first-order chi connectivity index (χ1) is 34.0. The van der Waals surface area contributed by atoms with Crippen LogP contribution < -0.4 is 0 Å². The molecule has 0 fully saturated rings. The van der Waals surface area contributed by atoms with Crippen LogP contribution in [0, 0.1) is 0 Å². The van der Waals surface area contributed by atoms with Gasteiger partial charge in [0.25, 0.3) is 0 Å². The Morgan fingerprint density at radius 3 is 1.47 bits per heavy atom. The topological polar surface area (TPSA) is 13.1 Å². The summed E-state index contributed by atoms with van der Waals surface area (Å²) in [6, 6.07) is -27.0. The van der Waals surface area contributed by atoms with Crippen LogP contribution in [0.4, 0.5) is 0 Å². The maximum Gasteiger partial charge on any atom is 0.143 e. The quantitative estimate of drug-likeness (QED) is 0.183. The van der Waals surface area contributed by atoms with Crippen LogP contribution in [0.15, 0.2) is 174 Å². The predicted molar refractivity (Wildman–Crippen MR) is 190 cm³/mol. The zero-order chi connectivity index (χ0) is 54.1. The number of hydrogen-bond acceptors (Lipinski definition) is 1. The fourth-order valence-corrected chi connectivity index (χ4v) is 5.28. The molecule has 210 valence electrons. The van der Waals surface area contributed by atoms with E-state index in [1.54, 1.807) is 0 Å². The molecule has 0 aliphatic carbocycles. The number of hydrogen-bond donors (Lipinski definition) is 0. The highest BCUT2D eigenvalue weighted by Gasteiger charge is 2.20. The van der Waals surface area contributed by atoms with Crippen LogP contribution in [0.5, 0.6) is 0 Å². The van der Waals surface area contributed by atoms with Gasteiger partial charge >= 0.3 is 0 Å². The number of benzene rings is 8. The van der Waals surface area contributed by atoms with Crippen LogP contribution in [0.3, 0.4) is 0 Å². The average molecular weight is 601 g/mol. The minimum absolute atomic E-state index is 0.524. The molecule has 0 aliphatic rings. The molecule has 0 aliphatic heterocycles. The second-order valence-corrected chi connectivity index (χ2v) is 9.51. The molecule has 0 saturated carbocycles. The van der Waals surface area contributed by atoms with Crippen molar-refractivity contribution in [1.82, 2.24) is 0 Å². The fourth-order valence-electron chi connectivity index (χ4n) is 5.28. The first-order valence-corrected chi connectivity index (χ1v) is 13.2. The molecule has 1 aromatic heterocycles. The van der Waals surface area contributed by atoms with Crippen molar-refractivity contribution in [3.8, 4) is 44.5 Å². The molecule has 45 heavy (non-hydrogen) atoms. The van der Waals surface area contributed by atoms with Crippen LogP contribution in [0.2, 0.25) is 0 Å². The van der Waals surface area contributed by atoms with Crippen molar-refractivity contribution in [3.63, 3.8) is 0 Å². The van der Waals surface area contributed by atoms with Crippen molar-refractivity contribution < 1.29 is 42.8 Å². The Hall–Kier alpha value is -5.92. The van der Waals surface area contributed by atoms with Crippen molar-refractivity contribution in [2.75, 3.05) is 0 Å². The zero-order valence-corrected chi connectivity index (χ0v) is 22.4. The van der Waals surface area contributed by atoms with Crippen molar-refractivity contribution >= 4 is 43.5 Å². The lowest BCUT2D eigenvalue weighted by Gasteiger charge is -2.19. The maximum absolute atomic E-state index is 9.77. The number of furan rings is 1. The van der Waals surface area contributed by atoms with Gasteiger partial charge in [-0.25, -0.2) is 0 Å². The monoisotopic (exact) mass is 600 g/mol. The molecule has 0 bridgehead atoms. The second kappa shape index (κ2) is 10.4. The molecule has 0 saturated heterocycles. The number of fused-ring (bicyclic) bond motifs is 5. The molecular formula is C44H28O. The lowest BCUT2D eigenvalue weighted by molar-refractivity contribution is 0.670. The highest BCUT2D eigenvalue weighted by atomic mass is 16.3. The minimum Gasteiger partial charge on any atom is -0.455 e. The Morgan fingerprint density at radius 1 is 0.333 bits per heavy atom. The first kappa shape index (κ1) is 10.1. The van der Waals surface area contributed by atoms with E-state index in [9.17, 15) is 11.0 Å². The summed E-state index contributed by atoms with van der Waals surface area (Å²) in [6.07, 6.45) is 0. The zero-order valence-electron chi connectivity index (χ0n) is 50.4. The average Bonchev–Trinajstić information content (AvgIpc) is 3.77. The summed E-state index contributed by atoms with van der Waals surface area (Å²) in [6.45, 7) is 0. The summed E-state index contributed by atoms with van der Waals surface area (Å²) < 4.78 is 256. The van der Waals surface area contributed by atoms with Crippen LogP contribution in [-0.2, 0) is 0 Å². The summed E-state index contributed by atoms with van der Waals surface area (Å²) in [7, 11) is 0. The summed E-state index contributed by atoms with van der Waals surface area (Å²) >= 11 is 0. The molecule has 0 atom stereocenters. The van der Waals surface area contributed by atoms with E-state index >= 15 is 0 Å². The lowest BCUT2D eigenvalue weighted by Crippen LogP contribution is -1.92. The fraction of sp³-hybridized carbons (Fsp3) is 0. The molecule has 8 aromatic carbocycles. The van der Waals surface area contributed by atoms with Gasteiger partial charge < -0.3 is 4.42 Å². The Morgan fingerprint density at radius 2 is 0.822 bits per heavy atom. The molecule has 1 nitrogen and oxygen atoms in total. The molecule has 1 heteroatoms. The van der Waals surface area contributed by atoms with E-state index < -0.39 is 257 Å². The largest absolute Gasteiger partial charge is 0.455 e. The smallest absolute Gasteiger partial charge is 0.143 e. The van der Waals surface area contributed by atoms with Crippen LogP contribution >= 0.6 is 0 Å². The van der Waals surface area contributed by atoms with Gasteiger partial charge in [-0.3, -0.25) is 0 Å². The van der Waals surface area contributed by atoms with Gasteiger partial charge in [-0.2, -0.15) is 0 Å². The van der Waals surface area contributed by atoms with Gasteiger partial charge in [0.05, 0.1) is 38.4 Å². The third kappa shape index (κ3) is 4.09. The van der Waals surface area contributed by atoms with E-state index in [1.165, 1.54) is 0 Å². The molecule has 0 unspecified atom stereocenters. The van der Waals surface area contributed by atoms with Crippen LogP contribution in [0.25, 0.3) is 88.0 Å². The minimum atomic E-state index is -1.07. The second-order valence-electron chi connectivity index (χ2n) is 9.51. The van der Waals surface area contributed by atoms with Crippen molar-refractivity contribution in [3.05, 3.63) is 169 Å². The Bertz CT molecular complexity index is 3980. The molecule has 0 spiro atoms. The number of rotatable bonds is 4. The first-order valence-electron chi connectivity index (χ1n) is 27.2. The Balaban J connectivity index is 1.60. The van der Waals surface area contributed by atoms with Gasteiger partial charge in [-0.1, -0.05) is 157 Å². The normalized spacial score (nSPS) is 20.3. The van der Waals surface area contributed by atoms with Crippen LogP contribution in [0.1, 0.15) is 38.4 Å². The highest BCUT2D eigenvalue weighted by molar-refractivity contribution is 6.23. The molecule has 0 amide bonds. The molecule has 1 heterocycles. The highest BCUT2D eigenvalue weighted by Crippen LogP contribution is 2.47. The summed E-state index contributed by atoms with van der Waals surface area (Å²) in [5, 5.41) is -4.22. The molecule has 0 N–H and O–H groups in total. The Kier molecular flexibility index (Phi) is 2.32. The van der Waals surface area contributed by atoms with E-state index in [0.717, 1.165) is 0 Å². The number of para-hydroxylation sites is 1. The maximum atomic E-state index is 9.77. The molecule has 9 aromatic rings. The van der Waals surface area contributed by atoms with Gasteiger partial charge in [0.2, 0.25) is 0 Å². The predicted octanol–water partition coefficient (Wildman–Crippen LogP) is 12.6. The Labute approximate surface area is 301 Å². The third-order valence-electron chi connectivity index (χ3n) is 7.12. The van der Waals surface area contributed by atoms with E-state index in [2.05, 4.69) is 0 Å². The summed E-state index contributed by atoms with van der Waals surface area (Å²) in [4.78, 5) is 0. The lowest BCUT2D eigenvalue weighted by atomic mass is 9.84.